The van der Waals surface area contributed by atoms with E-state index in [0.29, 0.717) is 22.9 Å². The molecule has 0 saturated carbocycles. The Kier molecular flexibility index (Phi) is 7.28. The van der Waals surface area contributed by atoms with Crippen molar-refractivity contribution in [3.63, 3.8) is 0 Å². The molecular formula is C28H29N3O3. The number of rotatable bonds is 9. The average molecular weight is 456 g/mol. The van der Waals surface area contributed by atoms with Gasteiger partial charge in [0.2, 0.25) is 0 Å². The molecule has 34 heavy (non-hydrogen) atoms. The molecule has 0 bridgehead atoms. The number of hydrogen-bond acceptors (Lipinski definition) is 5. The van der Waals surface area contributed by atoms with E-state index in [1.807, 2.05) is 61.5 Å². The standard InChI is InChI=1S/C28H29N3O3/c1-19(13-14-20-9-5-4-6-10-20)29-28(32)23-18-27(30-24-12-8-7-11-22(23)24)31-25-16-15-21(33-2)17-26(25)34-3/h4-12,15-19H,13-14H2,1-3H3,(H,29,32)(H,30,31)/t19-/m0/s1. The molecule has 1 aromatic heterocycles. The smallest absolute Gasteiger partial charge is 0.252 e. The lowest BCUT2D eigenvalue weighted by Crippen LogP contribution is -2.33. The van der Waals surface area contributed by atoms with Gasteiger partial charge < -0.3 is 20.1 Å². The molecule has 0 aliphatic carbocycles. The Labute approximate surface area is 199 Å². The highest BCUT2D eigenvalue weighted by Crippen LogP contribution is 2.32. The Morgan fingerprint density at radius 2 is 1.71 bits per heavy atom. The number of amides is 1. The normalized spacial score (nSPS) is 11.6. The predicted molar refractivity (Wildman–Crippen MR) is 136 cm³/mol. The molecule has 1 heterocycles. The number of para-hydroxylation sites is 1. The molecule has 3 aromatic carbocycles. The zero-order valence-corrected chi connectivity index (χ0v) is 19.7. The van der Waals surface area contributed by atoms with Crippen LogP contribution in [0, 0.1) is 0 Å². The van der Waals surface area contributed by atoms with Crippen LogP contribution in [0.25, 0.3) is 10.9 Å². The number of benzene rings is 3. The van der Waals surface area contributed by atoms with Gasteiger partial charge in [0.25, 0.3) is 5.91 Å². The van der Waals surface area contributed by atoms with Gasteiger partial charge in [-0.05, 0) is 49.6 Å². The molecule has 4 rings (SSSR count). The van der Waals surface area contributed by atoms with Crippen molar-refractivity contribution in [1.29, 1.82) is 0 Å². The van der Waals surface area contributed by atoms with Crippen molar-refractivity contribution in [3.05, 3.63) is 90.0 Å². The van der Waals surface area contributed by atoms with Gasteiger partial charge in [0.05, 0.1) is 31.0 Å². The molecule has 0 unspecified atom stereocenters. The number of aryl methyl sites for hydroxylation is 1. The van der Waals surface area contributed by atoms with Crippen LogP contribution in [0.4, 0.5) is 11.5 Å². The second-order valence-electron chi connectivity index (χ2n) is 8.16. The Hall–Kier alpha value is -4.06. The summed E-state index contributed by atoms with van der Waals surface area (Å²) in [7, 11) is 3.21. The van der Waals surface area contributed by atoms with Gasteiger partial charge in [0, 0.05) is 17.5 Å². The van der Waals surface area contributed by atoms with Gasteiger partial charge in [0.15, 0.2) is 0 Å². The van der Waals surface area contributed by atoms with Crippen molar-refractivity contribution in [2.75, 3.05) is 19.5 Å². The minimum atomic E-state index is -0.121. The Morgan fingerprint density at radius 1 is 0.941 bits per heavy atom. The van der Waals surface area contributed by atoms with Crippen molar-refractivity contribution < 1.29 is 14.3 Å². The van der Waals surface area contributed by atoms with E-state index in [9.17, 15) is 4.79 Å². The number of fused-ring (bicyclic) bond motifs is 1. The third-order valence-corrected chi connectivity index (χ3v) is 5.72. The molecule has 1 amide bonds. The summed E-state index contributed by atoms with van der Waals surface area (Å²) in [5.74, 6) is 1.75. The molecule has 0 aliphatic rings. The second kappa shape index (κ2) is 10.7. The lowest BCUT2D eigenvalue weighted by atomic mass is 10.0. The number of methoxy groups -OCH3 is 2. The van der Waals surface area contributed by atoms with Crippen LogP contribution in [-0.2, 0) is 6.42 Å². The highest BCUT2D eigenvalue weighted by molar-refractivity contribution is 6.07. The number of anilines is 2. The van der Waals surface area contributed by atoms with Crippen molar-refractivity contribution in [1.82, 2.24) is 10.3 Å². The molecule has 4 aromatic rings. The number of aromatic nitrogens is 1. The van der Waals surface area contributed by atoms with Gasteiger partial charge in [-0.15, -0.1) is 0 Å². The van der Waals surface area contributed by atoms with E-state index in [1.54, 1.807) is 26.4 Å². The first-order valence-corrected chi connectivity index (χ1v) is 11.3. The van der Waals surface area contributed by atoms with Crippen LogP contribution >= 0.6 is 0 Å². The fourth-order valence-electron chi connectivity index (χ4n) is 3.87. The van der Waals surface area contributed by atoms with Crippen LogP contribution in [0.1, 0.15) is 29.3 Å². The lowest BCUT2D eigenvalue weighted by molar-refractivity contribution is 0.0940. The molecule has 6 heteroatoms. The number of hydrogen-bond donors (Lipinski definition) is 2. The fourth-order valence-corrected chi connectivity index (χ4v) is 3.87. The number of ether oxygens (including phenoxy) is 2. The van der Waals surface area contributed by atoms with E-state index in [1.165, 1.54) is 5.56 Å². The number of nitrogens with one attached hydrogen (secondary N) is 2. The van der Waals surface area contributed by atoms with Gasteiger partial charge in [-0.2, -0.15) is 0 Å². The highest BCUT2D eigenvalue weighted by atomic mass is 16.5. The first-order valence-electron chi connectivity index (χ1n) is 11.3. The molecule has 0 radical (unpaired) electrons. The van der Waals surface area contributed by atoms with Crippen LogP contribution < -0.4 is 20.1 Å². The zero-order chi connectivity index (χ0) is 23.9. The van der Waals surface area contributed by atoms with Gasteiger partial charge in [-0.25, -0.2) is 4.98 Å². The number of pyridine rings is 1. The van der Waals surface area contributed by atoms with Gasteiger partial charge in [0.1, 0.15) is 17.3 Å². The van der Waals surface area contributed by atoms with Gasteiger partial charge >= 0.3 is 0 Å². The molecule has 0 aliphatic heterocycles. The molecule has 0 fully saturated rings. The average Bonchev–Trinajstić information content (AvgIpc) is 2.87. The van der Waals surface area contributed by atoms with Crippen molar-refractivity contribution in [2.45, 2.75) is 25.8 Å². The number of carbonyl (C=O) groups excluding carboxylic acids is 1. The topological polar surface area (TPSA) is 72.5 Å². The van der Waals surface area contributed by atoms with E-state index in [0.717, 1.165) is 29.4 Å². The maximum atomic E-state index is 13.3. The predicted octanol–water partition coefficient (Wildman–Crippen LogP) is 5.75. The first kappa shape index (κ1) is 23.1. The SMILES string of the molecule is COc1ccc(Nc2cc(C(=O)N[C@@H](C)CCc3ccccc3)c3ccccc3n2)c(OC)c1. The Balaban J connectivity index is 1.57. The van der Waals surface area contributed by atoms with E-state index in [4.69, 9.17) is 14.5 Å². The maximum absolute atomic E-state index is 13.3. The molecule has 1 atom stereocenters. The molecular weight excluding hydrogens is 426 g/mol. The summed E-state index contributed by atoms with van der Waals surface area (Å²) in [6.07, 6.45) is 1.76. The Morgan fingerprint density at radius 3 is 2.47 bits per heavy atom. The van der Waals surface area contributed by atoms with Gasteiger partial charge in [-0.3, -0.25) is 4.79 Å². The monoisotopic (exact) mass is 455 g/mol. The van der Waals surface area contributed by atoms with Crippen LogP contribution in [0.2, 0.25) is 0 Å². The molecule has 2 N–H and O–H groups in total. The summed E-state index contributed by atoms with van der Waals surface area (Å²) in [6, 6.07) is 25.3. The zero-order valence-electron chi connectivity index (χ0n) is 19.7. The molecule has 6 nitrogen and oxygen atoms in total. The molecule has 0 saturated heterocycles. The van der Waals surface area contributed by atoms with Crippen LogP contribution in [0.3, 0.4) is 0 Å². The first-order chi connectivity index (χ1) is 16.6. The summed E-state index contributed by atoms with van der Waals surface area (Å²) in [6.45, 7) is 2.03. The summed E-state index contributed by atoms with van der Waals surface area (Å²) >= 11 is 0. The highest BCUT2D eigenvalue weighted by Gasteiger charge is 2.16. The minimum absolute atomic E-state index is 0.0257. The van der Waals surface area contributed by atoms with Gasteiger partial charge in [-0.1, -0.05) is 48.5 Å². The third kappa shape index (κ3) is 5.46. The largest absolute Gasteiger partial charge is 0.497 e. The van der Waals surface area contributed by atoms with E-state index in [-0.39, 0.29) is 11.9 Å². The fraction of sp³-hybridized carbons (Fsp3) is 0.214. The van der Waals surface area contributed by atoms with Crippen LogP contribution in [-0.4, -0.2) is 31.2 Å². The minimum Gasteiger partial charge on any atom is -0.497 e. The molecule has 174 valence electrons. The third-order valence-electron chi connectivity index (χ3n) is 5.72. The summed E-state index contributed by atoms with van der Waals surface area (Å²) in [5, 5.41) is 7.25. The summed E-state index contributed by atoms with van der Waals surface area (Å²) in [5.41, 5.74) is 3.31. The number of carbonyl (C=O) groups is 1. The number of nitrogens with zero attached hydrogens (tertiary/aromatic N) is 1. The molecule has 0 spiro atoms. The van der Waals surface area contributed by atoms with Crippen molar-refractivity contribution >= 4 is 28.3 Å². The van der Waals surface area contributed by atoms with E-state index in [2.05, 4.69) is 22.8 Å². The van der Waals surface area contributed by atoms with Crippen LogP contribution in [0.15, 0.2) is 78.9 Å². The second-order valence-corrected chi connectivity index (χ2v) is 8.16. The van der Waals surface area contributed by atoms with Crippen LogP contribution in [0.5, 0.6) is 11.5 Å². The summed E-state index contributed by atoms with van der Waals surface area (Å²) < 4.78 is 10.8. The van der Waals surface area contributed by atoms with E-state index >= 15 is 0 Å². The lowest BCUT2D eigenvalue weighted by Gasteiger charge is -2.17. The van der Waals surface area contributed by atoms with E-state index < -0.39 is 0 Å². The van der Waals surface area contributed by atoms with Crippen molar-refractivity contribution in [2.24, 2.45) is 0 Å². The maximum Gasteiger partial charge on any atom is 0.252 e. The summed E-state index contributed by atoms with van der Waals surface area (Å²) in [4.78, 5) is 18.0. The quantitative estimate of drug-likeness (QED) is 0.336. The van der Waals surface area contributed by atoms with Crippen molar-refractivity contribution in [3.8, 4) is 11.5 Å². The Bertz CT molecular complexity index is 1270.